The quantitative estimate of drug-likeness (QED) is 0.745. The van der Waals surface area contributed by atoms with Crippen molar-refractivity contribution in [2.45, 2.75) is 51.1 Å². The van der Waals surface area contributed by atoms with Gasteiger partial charge in [0.25, 0.3) is 0 Å². The molecule has 2 aliphatic rings. The Balaban J connectivity index is 1.60. The highest BCUT2D eigenvalue weighted by molar-refractivity contribution is 5.21. The molecule has 2 fully saturated rings. The van der Waals surface area contributed by atoms with Crippen LogP contribution in [-0.2, 0) is 0 Å². The van der Waals surface area contributed by atoms with Gasteiger partial charge in [0, 0.05) is 30.7 Å². The van der Waals surface area contributed by atoms with Crippen LogP contribution in [0.25, 0.3) is 0 Å². The molecule has 0 amide bonds. The van der Waals surface area contributed by atoms with E-state index >= 15 is 0 Å². The van der Waals surface area contributed by atoms with E-state index in [1.807, 2.05) is 12.1 Å². The minimum Gasteiger partial charge on any atom is -0.310 e. The summed E-state index contributed by atoms with van der Waals surface area (Å²) in [6.07, 6.45) is 6.54. The molecule has 1 unspecified atom stereocenters. The third-order valence-electron chi connectivity index (χ3n) is 4.69. The molecule has 1 N–H and O–H groups in total. The Morgan fingerprint density at radius 2 is 2.00 bits per heavy atom. The number of halogens is 1. The topological polar surface area (TPSA) is 15.3 Å². The van der Waals surface area contributed by atoms with E-state index in [2.05, 4.69) is 17.1 Å². The molecule has 3 rings (SSSR count). The second kappa shape index (κ2) is 6.89. The van der Waals surface area contributed by atoms with Crippen molar-refractivity contribution in [3.63, 3.8) is 0 Å². The maximum absolute atomic E-state index is 14.0. The van der Waals surface area contributed by atoms with E-state index in [9.17, 15) is 4.39 Å². The van der Waals surface area contributed by atoms with Crippen molar-refractivity contribution in [3.05, 3.63) is 35.6 Å². The normalized spacial score (nSPS) is 20.0. The predicted octanol–water partition coefficient (Wildman–Crippen LogP) is 3.74. The van der Waals surface area contributed by atoms with E-state index in [0.717, 1.165) is 37.0 Å². The zero-order valence-corrected chi connectivity index (χ0v) is 13.0. The van der Waals surface area contributed by atoms with E-state index in [1.165, 1.54) is 32.2 Å². The maximum Gasteiger partial charge on any atom is 0.127 e. The van der Waals surface area contributed by atoms with Crippen molar-refractivity contribution in [2.75, 3.05) is 19.6 Å². The summed E-state index contributed by atoms with van der Waals surface area (Å²) < 4.78 is 14.0. The van der Waals surface area contributed by atoms with Gasteiger partial charge in [0.05, 0.1) is 0 Å². The minimum atomic E-state index is -0.0800. The molecule has 0 saturated heterocycles. The van der Waals surface area contributed by atoms with Crippen LogP contribution in [0.15, 0.2) is 24.3 Å². The van der Waals surface area contributed by atoms with Crippen LogP contribution in [0, 0.1) is 11.7 Å². The highest BCUT2D eigenvalue weighted by Gasteiger charge is 2.33. The number of benzene rings is 1. The van der Waals surface area contributed by atoms with Gasteiger partial charge in [-0.1, -0.05) is 25.1 Å². The molecule has 0 aromatic heterocycles. The lowest BCUT2D eigenvalue weighted by molar-refractivity contribution is 0.237. The molecule has 0 bridgehead atoms. The lowest BCUT2D eigenvalue weighted by Gasteiger charge is -2.26. The molecule has 3 heteroatoms. The molecule has 1 atom stereocenters. The van der Waals surface area contributed by atoms with Crippen LogP contribution in [0.4, 0.5) is 4.39 Å². The highest BCUT2D eigenvalue weighted by atomic mass is 19.1. The standard InChI is InChI=1S/C18H27FN2/c1-2-20-18(16-5-3-4-6-17(16)19)11-12-21(15-9-10-15)13-14-7-8-14/h3-6,14-15,18,20H,2,7-13H2,1H3. The Kier molecular flexibility index (Phi) is 4.91. The van der Waals surface area contributed by atoms with Crippen molar-refractivity contribution < 1.29 is 4.39 Å². The van der Waals surface area contributed by atoms with Crippen LogP contribution in [0.5, 0.6) is 0 Å². The van der Waals surface area contributed by atoms with E-state index < -0.39 is 0 Å². The Bertz CT molecular complexity index is 454. The van der Waals surface area contributed by atoms with Crippen molar-refractivity contribution in [2.24, 2.45) is 5.92 Å². The summed E-state index contributed by atoms with van der Waals surface area (Å²) in [7, 11) is 0. The van der Waals surface area contributed by atoms with Gasteiger partial charge in [0.15, 0.2) is 0 Å². The molecule has 2 saturated carbocycles. The molecule has 2 aliphatic carbocycles. The largest absolute Gasteiger partial charge is 0.310 e. The summed E-state index contributed by atoms with van der Waals surface area (Å²) >= 11 is 0. The average Bonchev–Trinajstić information content (AvgIpc) is 3.36. The van der Waals surface area contributed by atoms with E-state index in [1.54, 1.807) is 12.1 Å². The van der Waals surface area contributed by atoms with E-state index in [4.69, 9.17) is 0 Å². The molecular weight excluding hydrogens is 263 g/mol. The molecule has 116 valence electrons. The number of nitrogens with one attached hydrogen (secondary N) is 1. The molecule has 0 spiro atoms. The molecule has 0 heterocycles. The van der Waals surface area contributed by atoms with Gasteiger partial charge in [-0.2, -0.15) is 0 Å². The van der Waals surface area contributed by atoms with E-state index in [0.29, 0.717) is 0 Å². The number of rotatable bonds is 9. The maximum atomic E-state index is 14.0. The summed E-state index contributed by atoms with van der Waals surface area (Å²) in [4.78, 5) is 2.66. The van der Waals surface area contributed by atoms with Crippen LogP contribution in [0.3, 0.4) is 0 Å². The summed E-state index contributed by atoms with van der Waals surface area (Å²) in [6.45, 7) is 5.33. The van der Waals surface area contributed by atoms with Crippen molar-refractivity contribution >= 4 is 0 Å². The number of hydrogen-bond donors (Lipinski definition) is 1. The van der Waals surface area contributed by atoms with Crippen LogP contribution in [0.1, 0.15) is 50.6 Å². The molecule has 2 nitrogen and oxygen atoms in total. The van der Waals surface area contributed by atoms with Gasteiger partial charge in [-0.25, -0.2) is 4.39 Å². The molecule has 1 aromatic carbocycles. The fourth-order valence-electron chi connectivity index (χ4n) is 3.16. The zero-order valence-electron chi connectivity index (χ0n) is 13.0. The first-order valence-electron chi connectivity index (χ1n) is 8.49. The predicted molar refractivity (Wildman–Crippen MR) is 84.8 cm³/mol. The van der Waals surface area contributed by atoms with Crippen molar-refractivity contribution in [1.29, 1.82) is 0 Å². The highest BCUT2D eigenvalue weighted by Crippen LogP contribution is 2.35. The van der Waals surface area contributed by atoms with Gasteiger partial charge in [-0.3, -0.25) is 0 Å². The number of nitrogens with zero attached hydrogens (tertiary/aromatic N) is 1. The van der Waals surface area contributed by atoms with Crippen LogP contribution in [-0.4, -0.2) is 30.6 Å². The van der Waals surface area contributed by atoms with Crippen LogP contribution in [0.2, 0.25) is 0 Å². The third kappa shape index (κ3) is 4.27. The summed E-state index contributed by atoms with van der Waals surface area (Å²) in [5.41, 5.74) is 0.821. The lowest BCUT2D eigenvalue weighted by atomic mass is 10.0. The average molecular weight is 290 g/mol. The molecule has 0 radical (unpaired) electrons. The zero-order chi connectivity index (χ0) is 14.7. The molecule has 0 aliphatic heterocycles. The van der Waals surface area contributed by atoms with Gasteiger partial charge in [-0.15, -0.1) is 0 Å². The molecule has 1 aromatic rings. The minimum absolute atomic E-state index is 0.0800. The van der Waals surface area contributed by atoms with Crippen LogP contribution < -0.4 is 5.32 Å². The summed E-state index contributed by atoms with van der Waals surface area (Å²) in [5, 5.41) is 3.46. The monoisotopic (exact) mass is 290 g/mol. The fraction of sp³-hybridized carbons (Fsp3) is 0.667. The molecule has 21 heavy (non-hydrogen) atoms. The molecular formula is C18H27FN2. The Labute approximate surface area is 127 Å². The second-order valence-corrected chi connectivity index (χ2v) is 6.59. The summed E-state index contributed by atoms with van der Waals surface area (Å²) in [6, 6.07) is 8.15. The Morgan fingerprint density at radius 1 is 1.24 bits per heavy atom. The van der Waals surface area contributed by atoms with Gasteiger partial charge in [0.2, 0.25) is 0 Å². The Morgan fingerprint density at radius 3 is 2.62 bits per heavy atom. The van der Waals surface area contributed by atoms with Gasteiger partial charge in [0.1, 0.15) is 5.82 Å². The first-order valence-corrected chi connectivity index (χ1v) is 8.49. The van der Waals surface area contributed by atoms with Gasteiger partial charge >= 0.3 is 0 Å². The lowest BCUT2D eigenvalue weighted by Crippen LogP contribution is -2.33. The SMILES string of the molecule is CCNC(CCN(CC1CC1)C1CC1)c1ccccc1F. The second-order valence-electron chi connectivity index (χ2n) is 6.59. The van der Waals surface area contributed by atoms with E-state index in [-0.39, 0.29) is 11.9 Å². The number of hydrogen-bond acceptors (Lipinski definition) is 2. The van der Waals surface area contributed by atoms with Crippen molar-refractivity contribution in [3.8, 4) is 0 Å². The fourth-order valence-corrected chi connectivity index (χ4v) is 3.16. The Hall–Kier alpha value is -0.930. The third-order valence-corrected chi connectivity index (χ3v) is 4.69. The van der Waals surface area contributed by atoms with Gasteiger partial charge in [-0.05, 0) is 50.6 Å². The van der Waals surface area contributed by atoms with Crippen LogP contribution >= 0.6 is 0 Å². The first kappa shape index (κ1) is 15.0. The van der Waals surface area contributed by atoms with Crippen molar-refractivity contribution in [1.82, 2.24) is 10.2 Å². The summed E-state index contributed by atoms with van der Waals surface area (Å²) in [5.74, 6) is 0.861. The van der Waals surface area contributed by atoms with Gasteiger partial charge < -0.3 is 10.2 Å². The smallest absolute Gasteiger partial charge is 0.127 e. The first-order chi connectivity index (χ1) is 10.3.